The van der Waals surface area contributed by atoms with Gasteiger partial charge in [-0.1, -0.05) is 0 Å². The van der Waals surface area contributed by atoms with Gasteiger partial charge in [-0.3, -0.25) is 0 Å². The number of hydrogen-bond donors (Lipinski definition) is 0. The highest BCUT2D eigenvalue weighted by molar-refractivity contribution is 5.56. The molecule has 0 aromatic heterocycles. The fourth-order valence-electron chi connectivity index (χ4n) is 5.59. The molecule has 1 aromatic carbocycles. The second kappa shape index (κ2) is 3.33. The second-order valence-corrected chi connectivity index (χ2v) is 6.87. The van der Waals surface area contributed by atoms with Crippen LogP contribution >= 0.6 is 0 Å². The Labute approximate surface area is 119 Å². The molecule has 2 bridgehead atoms. The zero-order valence-corrected chi connectivity index (χ0v) is 12.1. The van der Waals surface area contributed by atoms with E-state index in [0.717, 1.165) is 36.2 Å². The Morgan fingerprint density at radius 3 is 1.90 bits per heavy atom. The zero-order chi connectivity index (χ0) is 13.5. The van der Waals surface area contributed by atoms with Crippen molar-refractivity contribution in [3.8, 4) is 11.5 Å². The van der Waals surface area contributed by atoms with Crippen LogP contribution in [-0.2, 0) is 17.6 Å². The molecule has 106 valence electrons. The predicted molar refractivity (Wildman–Crippen MR) is 74.3 cm³/mol. The maximum absolute atomic E-state index is 6.45. The van der Waals surface area contributed by atoms with E-state index >= 15 is 0 Å². The summed E-state index contributed by atoms with van der Waals surface area (Å²) >= 11 is 0. The van der Waals surface area contributed by atoms with E-state index in [4.69, 9.17) is 14.2 Å². The summed E-state index contributed by atoms with van der Waals surface area (Å²) in [6.07, 6.45) is 6.12. The van der Waals surface area contributed by atoms with E-state index in [9.17, 15) is 0 Å². The van der Waals surface area contributed by atoms with Crippen molar-refractivity contribution in [2.45, 2.75) is 43.3 Å². The number of hydrogen-bond acceptors (Lipinski definition) is 3. The largest absolute Gasteiger partial charge is 0.496 e. The first kappa shape index (κ1) is 11.4. The van der Waals surface area contributed by atoms with Crippen molar-refractivity contribution >= 4 is 0 Å². The molecule has 3 heteroatoms. The Morgan fingerprint density at radius 1 is 0.950 bits per heavy atom. The Bertz CT molecular complexity index is 559. The molecule has 0 N–H and O–H groups in total. The summed E-state index contributed by atoms with van der Waals surface area (Å²) in [5.41, 5.74) is 2.94. The van der Waals surface area contributed by atoms with Gasteiger partial charge in [0.25, 0.3) is 0 Å². The third-order valence-corrected chi connectivity index (χ3v) is 6.45. The normalized spacial score (nSPS) is 42.7. The van der Waals surface area contributed by atoms with Crippen LogP contribution in [0, 0.1) is 11.8 Å². The van der Waals surface area contributed by atoms with E-state index in [1.807, 2.05) is 12.1 Å². The van der Waals surface area contributed by atoms with Crippen LogP contribution in [0.1, 0.15) is 30.4 Å². The number of fused-ring (bicyclic) bond motifs is 3. The fraction of sp³-hybridized carbons (Fsp3) is 0.647. The summed E-state index contributed by atoms with van der Waals surface area (Å²) in [5, 5.41) is 0. The van der Waals surface area contributed by atoms with Crippen LogP contribution in [0.25, 0.3) is 0 Å². The lowest BCUT2D eigenvalue weighted by Crippen LogP contribution is -2.40. The highest BCUT2D eigenvalue weighted by Crippen LogP contribution is 2.75. The van der Waals surface area contributed by atoms with Crippen molar-refractivity contribution in [1.29, 1.82) is 0 Å². The van der Waals surface area contributed by atoms with Gasteiger partial charge in [-0.15, -0.1) is 0 Å². The van der Waals surface area contributed by atoms with Gasteiger partial charge in [-0.2, -0.15) is 0 Å². The highest BCUT2D eigenvalue weighted by atomic mass is 16.6. The zero-order valence-electron chi connectivity index (χ0n) is 12.1. The van der Waals surface area contributed by atoms with Crippen molar-refractivity contribution in [1.82, 2.24) is 0 Å². The van der Waals surface area contributed by atoms with E-state index in [1.54, 1.807) is 14.2 Å². The first-order valence-electron chi connectivity index (χ1n) is 7.67. The van der Waals surface area contributed by atoms with Gasteiger partial charge in [0, 0.05) is 24.0 Å². The SMILES string of the molecule is COc1ccc(OC)c2c1C[C@@]13O[C@]1(C2)[C@H]1CC[C@@H]3C1. The molecule has 0 spiro atoms. The topological polar surface area (TPSA) is 31.0 Å². The van der Waals surface area contributed by atoms with E-state index in [1.165, 1.54) is 30.4 Å². The third kappa shape index (κ3) is 1.03. The Morgan fingerprint density at radius 2 is 1.45 bits per heavy atom. The molecule has 1 aromatic rings. The van der Waals surface area contributed by atoms with Crippen LogP contribution in [0.5, 0.6) is 11.5 Å². The number of ether oxygens (including phenoxy) is 3. The summed E-state index contributed by atoms with van der Waals surface area (Å²) in [6, 6.07) is 4.08. The summed E-state index contributed by atoms with van der Waals surface area (Å²) in [5.74, 6) is 3.55. The number of rotatable bonds is 2. The molecule has 20 heavy (non-hydrogen) atoms. The third-order valence-electron chi connectivity index (χ3n) is 6.45. The van der Waals surface area contributed by atoms with Gasteiger partial charge in [0.2, 0.25) is 0 Å². The molecule has 1 saturated heterocycles. The van der Waals surface area contributed by atoms with Gasteiger partial charge < -0.3 is 14.2 Å². The minimum absolute atomic E-state index is 0.141. The Kier molecular flexibility index (Phi) is 1.90. The van der Waals surface area contributed by atoms with E-state index in [-0.39, 0.29) is 11.2 Å². The maximum atomic E-state index is 6.45. The number of methoxy groups -OCH3 is 2. The van der Waals surface area contributed by atoms with Crippen molar-refractivity contribution < 1.29 is 14.2 Å². The molecule has 3 nitrogen and oxygen atoms in total. The highest BCUT2D eigenvalue weighted by Gasteiger charge is 2.82. The van der Waals surface area contributed by atoms with Crippen LogP contribution in [0.2, 0.25) is 0 Å². The molecule has 0 radical (unpaired) electrons. The Hall–Kier alpha value is -1.22. The van der Waals surface area contributed by atoms with E-state index in [0.29, 0.717) is 0 Å². The molecular weight excluding hydrogens is 252 g/mol. The average molecular weight is 272 g/mol. The molecule has 3 aliphatic carbocycles. The molecule has 4 aliphatic rings. The quantitative estimate of drug-likeness (QED) is 0.776. The standard InChI is InChI=1S/C17H20O3/c1-18-14-5-6-15(19-2)13-9-17-11-4-3-10(7-11)16(17,20-17)8-12(13)14/h5-6,10-11H,3-4,7-9H2,1-2H3/t10-,11+,16+,17-. The predicted octanol–water partition coefficient (Wildman–Crippen LogP) is 2.74. The van der Waals surface area contributed by atoms with Crippen molar-refractivity contribution in [2.75, 3.05) is 14.2 Å². The van der Waals surface area contributed by atoms with Gasteiger partial charge in [0.1, 0.15) is 22.7 Å². The molecule has 0 unspecified atom stereocenters. The first-order valence-corrected chi connectivity index (χ1v) is 7.67. The molecule has 1 heterocycles. The molecular formula is C17H20O3. The summed E-state index contributed by atoms with van der Waals surface area (Å²) in [7, 11) is 3.52. The first-order chi connectivity index (χ1) is 9.74. The van der Waals surface area contributed by atoms with Crippen LogP contribution in [0.3, 0.4) is 0 Å². The van der Waals surface area contributed by atoms with Crippen LogP contribution in [-0.4, -0.2) is 25.4 Å². The smallest absolute Gasteiger partial charge is 0.122 e. The fourth-order valence-corrected chi connectivity index (χ4v) is 5.59. The minimum Gasteiger partial charge on any atom is -0.496 e. The van der Waals surface area contributed by atoms with Crippen molar-refractivity contribution in [2.24, 2.45) is 11.8 Å². The second-order valence-electron chi connectivity index (χ2n) is 6.87. The van der Waals surface area contributed by atoms with Gasteiger partial charge in [0.15, 0.2) is 0 Å². The molecule has 4 atom stereocenters. The van der Waals surface area contributed by atoms with Gasteiger partial charge in [-0.05, 0) is 43.2 Å². The van der Waals surface area contributed by atoms with Gasteiger partial charge in [0.05, 0.1) is 14.2 Å². The van der Waals surface area contributed by atoms with Crippen LogP contribution in [0.4, 0.5) is 0 Å². The van der Waals surface area contributed by atoms with Gasteiger partial charge in [-0.25, -0.2) is 0 Å². The van der Waals surface area contributed by atoms with Gasteiger partial charge >= 0.3 is 0 Å². The minimum atomic E-state index is 0.141. The number of benzene rings is 1. The summed E-state index contributed by atoms with van der Waals surface area (Å²) in [4.78, 5) is 0. The Balaban J connectivity index is 1.68. The molecule has 0 amide bonds. The monoisotopic (exact) mass is 272 g/mol. The summed E-state index contributed by atoms with van der Waals surface area (Å²) < 4.78 is 17.6. The van der Waals surface area contributed by atoms with Crippen LogP contribution in [0.15, 0.2) is 12.1 Å². The summed E-state index contributed by atoms with van der Waals surface area (Å²) in [6.45, 7) is 0. The van der Waals surface area contributed by atoms with Crippen LogP contribution < -0.4 is 9.47 Å². The van der Waals surface area contributed by atoms with E-state index in [2.05, 4.69) is 0 Å². The lowest BCUT2D eigenvalue weighted by atomic mass is 9.68. The average Bonchev–Trinajstić information content (AvgIpc) is 2.83. The molecule has 3 fully saturated rings. The molecule has 1 aliphatic heterocycles. The van der Waals surface area contributed by atoms with Crippen molar-refractivity contribution in [3.05, 3.63) is 23.3 Å². The van der Waals surface area contributed by atoms with Crippen molar-refractivity contribution in [3.63, 3.8) is 0 Å². The maximum Gasteiger partial charge on any atom is 0.122 e. The molecule has 2 saturated carbocycles. The lowest BCUT2D eigenvalue weighted by molar-refractivity contribution is 0.168. The van der Waals surface area contributed by atoms with E-state index < -0.39 is 0 Å². The number of epoxide rings is 1. The molecule has 5 rings (SSSR count). The lowest BCUT2D eigenvalue weighted by Gasteiger charge is -2.32.